The molecule has 0 saturated carbocycles. The van der Waals surface area contributed by atoms with Gasteiger partial charge in [0, 0.05) is 6.42 Å². The highest BCUT2D eigenvalue weighted by molar-refractivity contribution is 5.11. The van der Waals surface area contributed by atoms with Crippen LogP contribution in [0.15, 0.2) is 4.42 Å². The highest BCUT2D eigenvalue weighted by Gasteiger charge is 2.38. The quantitative estimate of drug-likeness (QED) is 0.852. The van der Waals surface area contributed by atoms with E-state index in [0.717, 1.165) is 19.5 Å². The maximum absolute atomic E-state index is 12.4. The zero-order valence-electron chi connectivity index (χ0n) is 8.90. The van der Waals surface area contributed by atoms with Crippen LogP contribution in [-0.4, -0.2) is 18.1 Å². The van der Waals surface area contributed by atoms with Gasteiger partial charge in [-0.1, -0.05) is 0 Å². The SMILES string of the molecule is Cc1nc(CC2CCNC2)oc1C(F)(F)F. The van der Waals surface area contributed by atoms with Crippen LogP contribution < -0.4 is 5.32 Å². The summed E-state index contributed by atoms with van der Waals surface area (Å²) >= 11 is 0. The van der Waals surface area contributed by atoms with E-state index in [4.69, 9.17) is 4.42 Å². The van der Waals surface area contributed by atoms with Gasteiger partial charge < -0.3 is 9.73 Å². The highest BCUT2D eigenvalue weighted by atomic mass is 19.4. The summed E-state index contributed by atoms with van der Waals surface area (Å²) in [4.78, 5) is 3.83. The summed E-state index contributed by atoms with van der Waals surface area (Å²) in [5.74, 6) is -0.439. The number of aromatic nitrogens is 1. The van der Waals surface area contributed by atoms with E-state index in [9.17, 15) is 13.2 Å². The number of nitrogens with zero attached hydrogens (tertiary/aromatic N) is 1. The first-order chi connectivity index (χ1) is 7.47. The van der Waals surface area contributed by atoms with Crippen LogP contribution in [0, 0.1) is 12.8 Å². The Balaban J connectivity index is 2.11. The molecule has 0 spiro atoms. The van der Waals surface area contributed by atoms with Crippen molar-refractivity contribution in [3.63, 3.8) is 0 Å². The fraction of sp³-hybridized carbons (Fsp3) is 0.700. The molecule has 0 aromatic carbocycles. The molecule has 1 aliphatic heterocycles. The topological polar surface area (TPSA) is 38.1 Å². The van der Waals surface area contributed by atoms with Gasteiger partial charge in [-0.3, -0.25) is 0 Å². The lowest BCUT2D eigenvalue weighted by Crippen LogP contribution is -2.10. The minimum absolute atomic E-state index is 0.0755. The fourth-order valence-electron chi connectivity index (χ4n) is 1.94. The van der Waals surface area contributed by atoms with E-state index in [0.29, 0.717) is 12.3 Å². The molecule has 0 aliphatic carbocycles. The molecule has 1 unspecified atom stereocenters. The smallest absolute Gasteiger partial charge is 0.436 e. The zero-order valence-corrected chi connectivity index (χ0v) is 8.90. The molecule has 2 rings (SSSR count). The molecule has 0 bridgehead atoms. The maximum atomic E-state index is 12.4. The van der Waals surface area contributed by atoms with Crippen molar-refractivity contribution in [2.45, 2.75) is 25.9 Å². The first-order valence-electron chi connectivity index (χ1n) is 5.21. The molecule has 1 fully saturated rings. The Morgan fingerprint density at radius 3 is 2.75 bits per heavy atom. The lowest BCUT2D eigenvalue weighted by Gasteiger charge is -2.04. The molecule has 1 aromatic rings. The van der Waals surface area contributed by atoms with Gasteiger partial charge in [-0.15, -0.1) is 0 Å². The van der Waals surface area contributed by atoms with E-state index in [2.05, 4.69) is 10.3 Å². The van der Waals surface area contributed by atoms with E-state index in [1.807, 2.05) is 0 Å². The standard InChI is InChI=1S/C10H13F3N2O/c1-6-9(10(11,12)13)16-8(15-6)4-7-2-3-14-5-7/h7,14H,2-5H2,1H3. The van der Waals surface area contributed by atoms with Crippen LogP contribution in [0.5, 0.6) is 0 Å². The van der Waals surface area contributed by atoms with Crippen molar-refractivity contribution in [1.82, 2.24) is 10.3 Å². The number of rotatable bonds is 2. The Kier molecular flexibility index (Phi) is 2.92. The van der Waals surface area contributed by atoms with Gasteiger partial charge in [0.1, 0.15) is 0 Å². The molecule has 3 nitrogen and oxygen atoms in total. The second-order valence-corrected chi connectivity index (χ2v) is 4.08. The third-order valence-electron chi connectivity index (χ3n) is 2.72. The summed E-state index contributed by atoms with van der Waals surface area (Å²) in [6.45, 7) is 3.06. The number of nitrogens with one attached hydrogen (secondary N) is 1. The average molecular weight is 234 g/mol. The van der Waals surface area contributed by atoms with Gasteiger partial charge in [-0.25, -0.2) is 4.98 Å². The van der Waals surface area contributed by atoms with Crippen molar-refractivity contribution < 1.29 is 17.6 Å². The van der Waals surface area contributed by atoms with Gasteiger partial charge >= 0.3 is 6.18 Å². The summed E-state index contributed by atoms with van der Waals surface area (Å²) in [5, 5.41) is 3.15. The number of aryl methyl sites for hydroxylation is 1. The molecule has 1 aliphatic rings. The van der Waals surface area contributed by atoms with Crippen LogP contribution in [0.1, 0.15) is 23.8 Å². The predicted octanol–water partition coefficient (Wildman–Crippen LogP) is 2.15. The Morgan fingerprint density at radius 2 is 2.25 bits per heavy atom. The van der Waals surface area contributed by atoms with Crippen LogP contribution in [0.25, 0.3) is 0 Å². The monoisotopic (exact) mass is 234 g/mol. The predicted molar refractivity (Wildman–Crippen MR) is 50.9 cm³/mol. The van der Waals surface area contributed by atoms with E-state index in [-0.39, 0.29) is 11.6 Å². The lowest BCUT2D eigenvalue weighted by atomic mass is 10.1. The molecule has 6 heteroatoms. The summed E-state index contributed by atoms with van der Waals surface area (Å²) in [6.07, 6.45) is -3.00. The maximum Gasteiger partial charge on any atom is 0.451 e. The Labute approximate surface area is 91.0 Å². The van der Waals surface area contributed by atoms with Crippen molar-refractivity contribution in [1.29, 1.82) is 0 Å². The number of alkyl halides is 3. The molecular formula is C10H13F3N2O. The van der Waals surface area contributed by atoms with Crippen molar-refractivity contribution in [3.05, 3.63) is 17.3 Å². The summed E-state index contributed by atoms with van der Waals surface area (Å²) in [7, 11) is 0. The first kappa shape index (κ1) is 11.4. The van der Waals surface area contributed by atoms with Gasteiger partial charge in [-0.05, 0) is 32.4 Å². The van der Waals surface area contributed by atoms with Crippen LogP contribution in [0.4, 0.5) is 13.2 Å². The van der Waals surface area contributed by atoms with E-state index in [1.165, 1.54) is 6.92 Å². The zero-order chi connectivity index (χ0) is 11.8. The molecule has 0 amide bonds. The number of oxazole rings is 1. The van der Waals surface area contributed by atoms with E-state index < -0.39 is 11.9 Å². The largest absolute Gasteiger partial charge is 0.451 e. The highest BCUT2D eigenvalue weighted by Crippen LogP contribution is 2.32. The van der Waals surface area contributed by atoms with E-state index >= 15 is 0 Å². The van der Waals surface area contributed by atoms with Gasteiger partial charge in [0.25, 0.3) is 0 Å². The third-order valence-corrected chi connectivity index (χ3v) is 2.72. The van der Waals surface area contributed by atoms with Crippen molar-refractivity contribution in [2.75, 3.05) is 13.1 Å². The molecule has 90 valence electrons. The van der Waals surface area contributed by atoms with Crippen LogP contribution in [0.2, 0.25) is 0 Å². The molecule has 16 heavy (non-hydrogen) atoms. The summed E-state index contributed by atoms with van der Waals surface area (Å²) in [6, 6.07) is 0. The van der Waals surface area contributed by atoms with Gasteiger partial charge in [0.15, 0.2) is 5.89 Å². The summed E-state index contributed by atoms with van der Waals surface area (Å²) < 4.78 is 42.1. The second kappa shape index (κ2) is 4.08. The Hall–Kier alpha value is -1.04. The molecule has 0 radical (unpaired) electrons. The first-order valence-corrected chi connectivity index (χ1v) is 5.21. The number of hydrogen-bond acceptors (Lipinski definition) is 3. The van der Waals surface area contributed by atoms with Gasteiger partial charge in [0.2, 0.25) is 5.76 Å². The Morgan fingerprint density at radius 1 is 1.50 bits per heavy atom. The van der Waals surface area contributed by atoms with Crippen molar-refractivity contribution in [3.8, 4) is 0 Å². The molecule has 1 atom stereocenters. The van der Waals surface area contributed by atoms with Crippen molar-refractivity contribution in [2.24, 2.45) is 5.92 Å². The molecule has 1 aromatic heterocycles. The molecular weight excluding hydrogens is 221 g/mol. The van der Waals surface area contributed by atoms with Crippen LogP contribution >= 0.6 is 0 Å². The average Bonchev–Trinajstić information content (AvgIpc) is 2.74. The van der Waals surface area contributed by atoms with Crippen LogP contribution in [-0.2, 0) is 12.6 Å². The fourth-order valence-corrected chi connectivity index (χ4v) is 1.94. The third kappa shape index (κ3) is 2.37. The van der Waals surface area contributed by atoms with Gasteiger partial charge in [0.05, 0.1) is 5.69 Å². The minimum Gasteiger partial charge on any atom is -0.436 e. The normalized spacial score (nSPS) is 21.6. The second-order valence-electron chi connectivity index (χ2n) is 4.08. The van der Waals surface area contributed by atoms with Gasteiger partial charge in [-0.2, -0.15) is 13.2 Å². The Bertz CT molecular complexity index is 367. The number of hydrogen-bond donors (Lipinski definition) is 1. The minimum atomic E-state index is -4.44. The van der Waals surface area contributed by atoms with Crippen LogP contribution in [0.3, 0.4) is 0 Å². The summed E-state index contributed by atoms with van der Waals surface area (Å²) in [5.41, 5.74) is -0.0755. The lowest BCUT2D eigenvalue weighted by molar-refractivity contribution is -0.154. The molecule has 1 saturated heterocycles. The number of halogens is 3. The van der Waals surface area contributed by atoms with Crippen molar-refractivity contribution >= 4 is 0 Å². The van der Waals surface area contributed by atoms with E-state index in [1.54, 1.807) is 0 Å². The molecule has 1 N–H and O–H groups in total. The molecule has 2 heterocycles.